The van der Waals surface area contributed by atoms with E-state index in [0.717, 1.165) is 5.82 Å². The Morgan fingerprint density at radius 1 is 1.06 bits per heavy atom. The maximum atomic E-state index is 12.6. The SMILES string of the molecule is C=CCn1c(CSc2ccc(C)cc2)nnc1SCC(=O)c1ccc(NC(C)=O)cc1. The number of anilines is 1. The zero-order chi connectivity index (χ0) is 22.2. The van der Waals surface area contributed by atoms with Gasteiger partial charge in [0, 0.05) is 29.6 Å². The molecule has 0 radical (unpaired) electrons. The van der Waals surface area contributed by atoms with Crippen molar-refractivity contribution in [1.82, 2.24) is 14.8 Å². The first-order valence-electron chi connectivity index (χ1n) is 9.72. The fraction of sp³-hybridized carbons (Fsp3) is 0.217. The predicted molar refractivity (Wildman–Crippen MR) is 127 cm³/mol. The van der Waals surface area contributed by atoms with Gasteiger partial charge in [-0.3, -0.25) is 9.59 Å². The molecule has 0 bridgehead atoms. The maximum absolute atomic E-state index is 12.6. The Balaban J connectivity index is 1.62. The molecule has 2 aromatic carbocycles. The summed E-state index contributed by atoms with van der Waals surface area (Å²) in [7, 11) is 0. The van der Waals surface area contributed by atoms with E-state index in [0.29, 0.717) is 28.7 Å². The molecule has 3 rings (SSSR count). The van der Waals surface area contributed by atoms with Crippen molar-refractivity contribution < 1.29 is 9.59 Å². The number of nitrogens with zero attached hydrogens (tertiary/aromatic N) is 3. The van der Waals surface area contributed by atoms with Gasteiger partial charge in [0.1, 0.15) is 5.82 Å². The summed E-state index contributed by atoms with van der Waals surface area (Å²) in [6.07, 6.45) is 1.80. The molecule has 0 aliphatic carbocycles. The highest BCUT2D eigenvalue weighted by atomic mass is 32.2. The molecule has 31 heavy (non-hydrogen) atoms. The quantitative estimate of drug-likeness (QED) is 0.265. The zero-order valence-electron chi connectivity index (χ0n) is 17.5. The van der Waals surface area contributed by atoms with Gasteiger partial charge >= 0.3 is 0 Å². The van der Waals surface area contributed by atoms with Crippen molar-refractivity contribution in [2.75, 3.05) is 11.1 Å². The largest absolute Gasteiger partial charge is 0.326 e. The number of Topliss-reactive ketones (excluding diaryl/α,β-unsaturated/α-hetero) is 1. The van der Waals surface area contributed by atoms with Crippen molar-refractivity contribution in [3.05, 3.63) is 78.1 Å². The van der Waals surface area contributed by atoms with Crippen LogP contribution in [0.3, 0.4) is 0 Å². The highest BCUT2D eigenvalue weighted by Crippen LogP contribution is 2.25. The number of nitrogens with one attached hydrogen (secondary N) is 1. The topological polar surface area (TPSA) is 76.9 Å². The van der Waals surface area contributed by atoms with E-state index >= 15 is 0 Å². The van der Waals surface area contributed by atoms with Crippen LogP contribution in [0.2, 0.25) is 0 Å². The number of hydrogen-bond acceptors (Lipinski definition) is 6. The van der Waals surface area contributed by atoms with E-state index in [2.05, 4.69) is 53.3 Å². The first-order chi connectivity index (χ1) is 15.0. The van der Waals surface area contributed by atoms with Crippen LogP contribution in [0.1, 0.15) is 28.7 Å². The van der Waals surface area contributed by atoms with Crippen LogP contribution < -0.4 is 5.32 Å². The van der Waals surface area contributed by atoms with E-state index in [1.165, 1.54) is 29.1 Å². The van der Waals surface area contributed by atoms with Crippen molar-refractivity contribution in [1.29, 1.82) is 0 Å². The van der Waals surface area contributed by atoms with Gasteiger partial charge in [0.05, 0.1) is 11.5 Å². The van der Waals surface area contributed by atoms with Crippen molar-refractivity contribution in [2.45, 2.75) is 36.2 Å². The van der Waals surface area contributed by atoms with E-state index in [9.17, 15) is 9.59 Å². The number of allylic oxidation sites excluding steroid dienone is 1. The van der Waals surface area contributed by atoms with Gasteiger partial charge in [0.25, 0.3) is 0 Å². The summed E-state index contributed by atoms with van der Waals surface area (Å²) in [6, 6.07) is 15.2. The third-order valence-corrected chi connectivity index (χ3v) is 6.33. The average molecular weight is 453 g/mol. The minimum Gasteiger partial charge on any atom is -0.326 e. The Kier molecular flexibility index (Phi) is 8.08. The minimum atomic E-state index is -0.146. The van der Waals surface area contributed by atoms with Crippen LogP contribution >= 0.6 is 23.5 Å². The maximum Gasteiger partial charge on any atom is 0.221 e. The lowest BCUT2D eigenvalue weighted by Gasteiger charge is -2.08. The summed E-state index contributed by atoms with van der Waals surface area (Å²) < 4.78 is 1.99. The molecule has 0 saturated carbocycles. The number of amides is 1. The third-order valence-electron chi connectivity index (χ3n) is 4.35. The number of aromatic nitrogens is 3. The van der Waals surface area contributed by atoms with Gasteiger partial charge < -0.3 is 9.88 Å². The summed E-state index contributed by atoms with van der Waals surface area (Å²) in [4.78, 5) is 24.9. The van der Waals surface area contributed by atoms with Crippen LogP contribution in [0, 0.1) is 6.92 Å². The molecule has 1 aromatic heterocycles. The van der Waals surface area contributed by atoms with E-state index in [4.69, 9.17) is 0 Å². The molecule has 0 aliphatic heterocycles. The van der Waals surface area contributed by atoms with Crippen molar-refractivity contribution in [3.8, 4) is 0 Å². The van der Waals surface area contributed by atoms with Gasteiger partial charge in [0.15, 0.2) is 10.9 Å². The number of aryl methyl sites for hydroxylation is 1. The highest BCUT2D eigenvalue weighted by Gasteiger charge is 2.15. The summed E-state index contributed by atoms with van der Waals surface area (Å²) >= 11 is 3.06. The average Bonchev–Trinajstić information content (AvgIpc) is 3.13. The van der Waals surface area contributed by atoms with Gasteiger partial charge in [-0.25, -0.2) is 0 Å². The van der Waals surface area contributed by atoms with E-state index in [1.807, 2.05) is 4.57 Å². The molecule has 0 unspecified atom stereocenters. The number of hydrogen-bond donors (Lipinski definition) is 1. The second kappa shape index (κ2) is 11.0. The Labute approximate surface area is 190 Å². The zero-order valence-corrected chi connectivity index (χ0v) is 19.1. The molecule has 0 saturated heterocycles. The molecule has 6 nitrogen and oxygen atoms in total. The van der Waals surface area contributed by atoms with Crippen molar-refractivity contribution in [3.63, 3.8) is 0 Å². The number of carbonyl (C=O) groups is 2. The standard InChI is InChI=1S/C23H24N4O2S2/c1-4-13-27-22(15-30-20-11-5-16(2)6-12-20)25-26-23(27)31-14-21(29)18-7-9-19(10-8-18)24-17(3)28/h4-12H,1,13-15H2,2-3H3,(H,24,28). The first-order valence-corrected chi connectivity index (χ1v) is 11.7. The summed E-state index contributed by atoms with van der Waals surface area (Å²) in [5.74, 6) is 1.62. The van der Waals surface area contributed by atoms with Crippen LogP contribution in [-0.4, -0.2) is 32.2 Å². The van der Waals surface area contributed by atoms with Gasteiger partial charge in [-0.05, 0) is 43.3 Å². The molecule has 8 heteroatoms. The summed E-state index contributed by atoms with van der Waals surface area (Å²) in [5, 5.41) is 12.0. The number of benzene rings is 2. The van der Waals surface area contributed by atoms with Gasteiger partial charge in [-0.15, -0.1) is 28.5 Å². The van der Waals surface area contributed by atoms with E-state index < -0.39 is 0 Å². The minimum absolute atomic E-state index is 0.0110. The highest BCUT2D eigenvalue weighted by molar-refractivity contribution is 7.99. The first kappa shape index (κ1) is 22.8. The van der Waals surface area contributed by atoms with Crippen LogP contribution in [0.25, 0.3) is 0 Å². The normalized spacial score (nSPS) is 10.6. The Morgan fingerprint density at radius 3 is 2.42 bits per heavy atom. The molecule has 0 atom stereocenters. The number of rotatable bonds is 10. The van der Waals surface area contributed by atoms with Gasteiger partial charge in [-0.1, -0.05) is 35.5 Å². The number of ketones is 1. The van der Waals surface area contributed by atoms with E-state index in [1.54, 1.807) is 42.1 Å². The van der Waals surface area contributed by atoms with Crippen molar-refractivity contribution >= 4 is 40.9 Å². The monoisotopic (exact) mass is 452 g/mol. The lowest BCUT2D eigenvalue weighted by Crippen LogP contribution is -2.08. The molecule has 3 aromatic rings. The lowest BCUT2D eigenvalue weighted by molar-refractivity contribution is -0.114. The second-order valence-electron chi connectivity index (χ2n) is 6.87. The van der Waals surface area contributed by atoms with Crippen molar-refractivity contribution in [2.24, 2.45) is 0 Å². The molecular weight excluding hydrogens is 428 g/mol. The number of thioether (sulfide) groups is 2. The predicted octanol–water partition coefficient (Wildman–Crippen LogP) is 5.00. The Morgan fingerprint density at radius 2 is 1.77 bits per heavy atom. The summed E-state index contributed by atoms with van der Waals surface area (Å²) in [5.41, 5.74) is 2.48. The lowest BCUT2D eigenvalue weighted by atomic mass is 10.1. The Hall–Kier alpha value is -2.84. The molecule has 160 valence electrons. The molecule has 1 N–H and O–H groups in total. The molecule has 0 fully saturated rings. The van der Waals surface area contributed by atoms with Crippen LogP contribution in [0.5, 0.6) is 0 Å². The molecule has 1 heterocycles. The molecule has 0 aliphatic rings. The molecule has 0 spiro atoms. The van der Waals surface area contributed by atoms with Crippen LogP contribution in [0.15, 0.2) is 71.2 Å². The van der Waals surface area contributed by atoms with Crippen LogP contribution in [0.4, 0.5) is 5.69 Å². The van der Waals surface area contributed by atoms with Crippen LogP contribution in [-0.2, 0) is 17.1 Å². The molecule has 1 amide bonds. The fourth-order valence-corrected chi connectivity index (χ4v) is 4.48. The number of carbonyl (C=O) groups excluding carboxylic acids is 2. The van der Waals surface area contributed by atoms with Gasteiger partial charge in [-0.2, -0.15) is 0 Å². The smallest absolute Gasteiger partial charge is 0.221 e. The van der Waals surface area contributed by atoms with E-state index in [-0.39, 0.29) is 17.4 Å². The Bertz CT molecular complexity index is 1060. The second-order valence-corrected chi connectivity index (χ2v) is 8.86. The molecular formula is C23H24N4O2S2. The third kappa shape index (κ3) is 6.57. The summed E-state index contributed by atoms with van der Waals surface area (Å²) in [6.45, 7) is 7.92. The van der Waals surface area contributed by atoms with Gasteiger partial charge in [0.2, 0.25) is 5.91 Å². The fourth-order valence-electron chi connectivity index (χ4n) is 2.78.